The molecule has 1 saturated heterocycles. The van der Waals surface area contributed by atoms with E-state index in [1.807, 2.05) is 30.3 Å². The van der Waals surface area contributed by atoms with Gasteiger partial charge in [-0.05, 0) is 18.4 Å². The average Bonchev–Trinajstić information content (AvgIpc) is 2.88. The Hall–Kier alpha value is -2.04. The van der Waals surface area contributed by atoms with E-state index < -0.39 is 12.0 Å². The molecule has 1 aliphatic heterocycles. The van der Waals surface area contributed by atoms with E-state index in [2.05, 4.69) is 0 Å². The van der Waals surface area contributed by atoms with Crippen LogP contribution in [-0.2, 0) is 11.3 Å². The summed E-state index contributed by atoms with van der Waals surface area (Å²) in [5.74, 6) is -0.918. The maximum Gasteiger partial charge on any atom is 0.326 e. The number of carbonyl (C=O) groups is 2. The number of urea groups is 1. The van der Waals surface area contributed by atoms with Crippen molar-refractivity contribution in [1.29, 1.82) is 0 Å². The summed E-state index contributed by atoms with van der Waals surface area (Å²) in [6.45, 7) is 1.01. The molecule has 19 heavy (non-hydrogen) atoms. The summed E-state index contributed by atoms with van der Waals surface area (Å²) >= 11 is 0. The monoisotopic (exact) mass is 262 g/mol. The number of carboxylic acid groups (broad SMARTS) is 1. The Bertz CT molecular complexity index is 461. The maximum absolute atomic E-state index is 12.3. The van der Waals surface area contributed by atoms with Gasteiger partial charge in [-0.2, -0.15) is 0 Å². The van der Waals surface area contributed by atoms with Crippen molar-refractivity contribution in [1.82, 2.24) is 9.80 Å². The Morgan fingerprint density at radius 1 is 1.37 bits per heavy atom. The number of aliphatic carboxylic acids is 1. The number of likely N-dealkylation sites (tertiary alicyclic amines) is 1. The van der Waals surface area contributed by atoms with Gasteiger partial charge < -0.3 is 14.9 Å². The van der Waals surface area contributed by atoms with Gasteiger partial charge in [0, 0.05) is 20.1 Å². The van der Waals surface area contributed by atoms with Crippen LogP contribution in [0.4, 0.5) is 4.79 Å². The van der Waals surface area contributed by atoms with Crippen LogP contribution >= 0.6 is 0 Å². The van der Waals surface area contributed by atoms with Crippen LogP contribution in [0.15, 0.2) is 30.3 Å². The molecule has 0 unspecified atom stereocenters. The van der Waals surface area contributed by atoms with E-state index in [-0.39, 0.29) is 6.03 Å². The predicted octanol–water partition coefficient (Wildman–Crippen LogP) is 1.79. The highest BCUT2D eigenvalue weighted by Gasteiger charge is 2.35. The maximum atomic E-state index is 12.3. The summed E-state index contributed by atoms with van der Waals surface area (Å²) in [7, 11) is 1.70. The Kier molecular flexibility index (Phi) is 4.04. The number of nitrogens with zero attached hydrogens (tertiary/aromatic N) is 2. The molecule has 0 saturated carbocycles. The minimum atomic E-state index is -0.918. The highest BCUT2D eigenvalue weighted by Crippen LogP contribution is 2.19. The lowest BCUT2D eigenvalue weighted by atomic mass is 10.2. The third-order valence-corrected chi connectivity index (χ3v) is 3.37. The largest absolute Gasteiger partial charge is 0.480 e. The Balaban J connectivity index is 2.01. The van der Waals surface area contributed by atoms with E-state index in [0.29, 0.717) is 19.5 Å². The molecule has 1 aliphatic rings. The molecule has 1 N–H and O–H groups in total. The van der Waals surface area contributed by atoms with Gasteiger partial charge in [-0.1, -0.05) is 30.3 Å². The molecule has 1 fully saturated rings. The van der Waals surface area contributed by atoms with Gasteiger partial charge in [-0.15, -0.1) is 0 Å². The molecule has 1 atom stereocenters. The summed E-state index contributed by atoms with van der Waals surface area (Å²) in [5, 5.41) is 9.09. The Morgan fingerprint density at radius 3 is 2.68 bits per heavy atom. The Labute approximate surface area is 112 Å². The van der Waals surface area contributed by atoms with Crippen LogP contribution in [0.5, 0.6) is 0 Å². The zero-order valence-corrected chi connectivity index (χ0v) is 11.0. The molecule has 5 nitrogen and oxygen atoms in total. The van der Waals surface area contributed by atoms with Gasteiger partial charge in [0.15, 0.2) is 0 Å². The lowest BCUT2D eigenvalue weighted by molar-refractivity contribution is -0.141. The summed E-state index contributed by atoms with van der Waals surface area (Å²) in [5.41, 5.74) is 1.03. The third kappa shape index (κ3) is 3.05. The van der Waals surface area contributed by atoms with Gasteiger partial charge in [0.05, 0.1) is 0 Å². The molecule has 0 radical (unpaired) electrons. The summed E-state index contributed by atoms with van der Waals surface area (Å²) in [6, 6.07) is 8.77. The molecule has 0 bridgehead atoms. The average molecular weight is 262 g/mol. The van der Waals surface area contributed by atoms with Gasteiger partial charge in [0.2, 0.25) is 0 Å². The van der Waals surface area contributed by atoms with Gasteiger partial charge >= 0.3 is 12.0 Å². The van der Waals surface area contributed by atoms with Crippen molar-refractivity contribution in [2.24, 2.45) is 0 Å². The first-order valence-corrected chi connectivity index (χ1v) is 6.38. The lowest BCUT2D eigenvalue weighted by Gasteiger charge is -2.27. The van der Waals surface area contributed by atoms with Crippen LogP contribution in [0.25, 0.3) is 0 Å². The van der Waals surface area contributed by atoms with Gasteiger partial charge in [-0.25, -0.2) is 9.59 Å². The molecule has 1 aromatic rings. The quantitative estimate of drug-likeness (QED) is 0.903. The van der Waals surface area contributed by atoms with Crippen LogP contribution in [-0.4, -0.2) is 46.5 Å². The zero-order chi connectivity index (χ0) is 13.8. The van der Waals surface area contributed by atoms with E-state index in [4.69, 9.17) is 5.11 Å². The fourth-order valence-corrected chi connectivity index (χ4v) is 2.40. The number of hydrogen-bond donors (Lipinski definition) is 1. The first kappa shape index (κ1) is 13.4. The first-order chi connectivity index (χ1) is 9.09. The number of carbonyl (C=O) groups excluding carboxylic acids is 1. The summed E-state index contributed by atoms with van der Waals surface area (Å²) < 4.78 is 0. The Morgan fingerprint density at radius 2 is 2.05 bits per heavy atom. The second kappa shape index (κ2) is 5.73. The fraction of sp³-hybridized carbons (Fsp3) is 0.429. The van der Waals surface area contributed by atoms with Crippen molar-refractivity contribution in [3.8, 4) is 0 Å². The molecule has 0 spiro atoms. The van der Waals surface area contributed by atoms with Crippen molar-refractivity contribution in [2.45, 2.75) is 25.4 Å². The predicted molar refractivity (Wildman–Crippen MR) is 70.7 cm³/mol. The third-order valence-electron chi connectivity index (χ3n) is 3.37. The number of carboxylic acids is 1. The lowest BCUT2D eigenvalue weighted by Crippen LogP contribution is -2.46. The standard InChI is InChI=1S/C14H18N2O3/c1-15(10-11-6-3-2-4-7-11)14(19)16-9-5-8-12(16)13(17)18/h2-4,6-7,12H,5,8-10H2,1H3,(H,17,18)/t12-/m0/s1. The van der Waals surface area contributed by atoms with Crippen LogP contribution in [0.2, 0.25) is 0 Å². The van der Waals surface area contributed by atoms with Crippen LogP contribution in [0, 0.1) is 0 Å². The molecule has 2 amide bonds. The number of rotatable bonds is 3. The summed E-state index contributed by atoms with van der Waals surface area (Å²) in [6.07, 6.45) is 1.29. The second-order valence-corrected chi connectivity index (χ2v) is 4.81. The van der Waals surface area contributed by atoms with E-state index >= 15 is 0 Å². The van der Waals surface area contributed by atoms with E-state index in [0.717, 1.165) is 12.0 Å². The minimum Gasteiger partial charge on any atom is -0.480 e. The second-order valence-electron chi connectivity index (χ2n) is 4.81. The number of hydrogen-bond acceptors (Lipinski definition) is 2. The topological polar surface area (TPSA) is 60.9 Å². The molecule has 0 aliphatic carbocycles. The number of benzene rings is 1. The number of amides is 2. The smallest absolute Gasteiger partial charge is 0.326 e. The van der Waals surface area contributed by atoms with Crippen molar-refractivity contribution < 1.29 is 14.7 Å². The van der Waals surface area contributed by atoms with E-state index in [1.165, 1.54) is 4.90 Å². The fourth-order valence-electron chi connectivity index (χ4n) is 2.40. The van der Waals surface area contributed by atoms with Crippen molar-refractivity contribution in [3.05, 3.63) is 35.9 Å². The van der Waals surface area contributed by atoms with Crippen LogP contribution in [0.1, 0.15) is 18.4 Å². The van der Waals surface area contributed by atoms with Crippen molar-refractivity contribution in [3.63, 3.8) is 0 Å². The SMILES string of the molecule is CN(Cc1ccccc1)C(=O)N1CCC[C@H]1C(=O)O. The zero-order valence-electron chi connectivity index (χ0n) is 11.0. The molecular formula is C14H18N2O3. The highest BCUT2D eigenvalue weighted by atomic mass is 16.4. The molecular weight excluding hydrogens is 244 g/mol. The van der Waals surface area contributed by atoms with Gasteiger partial charge in [-0.3, -0.25) is 0 Å². The molecule has 102 valence electrons. The molecule has 1 aromatic carbocycles. The van der Waals surface area contributed by atoms with E-state index in [9.17, 15) is 9.59 Å². The normalized spacial score (nSPS) is 18.4. The first-order valence-electron chi connectivity index (χ1n) is 6.38. The molecule has 0 aromatic heterocycles. The van der Waals surface area contributed by atoms with Crippen molar-refractivity contribution >= 4 is 12.0 Å². The van der Waals surface area contributed by atoms with E-state index in [1.54, 1.807) is 11.9 Å². The van der Waals surface area contributed by atoms with Gasteiger partial charge in [0.1, 0.15) is 6.04 Å². The molecule has 1 heterocycles. The van der Waals surface area contributed by atoms with Gasteiger partial charge in [0.25, 0.3) is 0 Å². The van der Waals surface area contributed by atoms with Crippen molar-refractivity contribution in [2.75, 3.05) is 13.6 Å². The highest BCUT2D eigenvalue weighted by molar-refractivity contribution is 5.83. The summed E-state index contributed by atoms with van der Waals surface area (Å²) in [4.78, 5) is 26.4. The molecule has 2 rings (SSSR count). The molecule has 5 heteroatoms. The van der Waals surface area contributed by atoms with Crippen LogP contribution < -0.4 is 0 Å². The minimum absolute atomic E-state index is 0.214. The van der Waals surface area contributed by atoms with Crippen LogP contribution in [0.3, 0.4) is 0 Å².